The van der Waals surface area contributed by atoms with E-state index in [2.05, 4.69) is 4.98 Å². The fourth-order valence-corrected chi connectivity index (χ4v) is 2.13. The van der Waals surface area contributed by atoms with Gasteiger partial charge in [-0.2, -0.15) is 0 Å². The summed E-state index contributed by atoms with van der Waals surface area (Å²) < 4.78 is 5.66. The smallest absolute Gasteiger partial charge is 0.401 e. The number of halogens is 1. The van der Waals surface area contributed by atoms with Crippen LogP contribution in [0.1, 0.15) is 5.56 Å². The second-order valence-electron chi connectivity index (χ2n) is 4.50. The highest BCUT2D eigenvalue weighted by Gasteiger charge is 2.01. The average molecular weight is 293 g/mol. The number of aromatic nitrogens is 1. The molecule has 1 radical (unpaired) electrons. The van der Waals surface area contributed by atoms with Crippen molar-refractivity contribution < 1.29 is 4.65 Å². The molecule has 0 aliphatic carbocycles. The molecule has 4 heteroatoms. The number of hydrogen-bond acceptors (Lipinski definition) is 2. The molecule has 0 unspecified atom stereocenters. The highest BCUT2D eigenvalue weighted by atomic mass is 35.5. The van der Waals surface area contributed by atoms with Crippen LogP contribution < -0.4 is 4.65 Å². The van der Waals surface area contributed by atoms with Gasteiger partial charge >= 0.3 is 7.48 Å². The van der Waals surface area contributed by atoms with Crippen molar-refractivity contribution in [3.05, 3.63) is 77.4 Å². The Morgan fingerprint density at radius 1 is 1.00 bits per heavy atom. The predicted octanol–water partition coefficient (Wildman–Crippen LogP) is 4.56. The van der Waals surface area contributed by atoms with Gasteiger partial charge in [0, 0.05) is 16.6 Å². The Morgan fingerprint density at radius 2 is 1.81 bits per heavy atom. The second kappa shape index (κ2) is 6.46. The van der Waals surface area contributed by atoms with Gasteiger partial charge in [-0.25, -0.2) is 0 Å². The van der Waals surface area contributed by atoms with Crippen molar-refractivity contribution in [1.29, 1.82) is 0 Å². The van der Waals surface area contributed by atoms with Gasteiger partial charge in [0.25, 0.3) is 0 Å². The first-order chi connectivity index (χ1) is 10.3. The van der Waals surface area contributed by atoms with Crippen molar-refractivity contribution in [1.82, 2.24) is 4.98 Å². The van der Waals surface area contributed by atoms with Crippen molar-refractivity contribution in [3.8, 4) is 5.75 Å². The first-order valence-corrected chi connectivity index (χ1v) is 6.96. The molecule has 0 saturated heterocycles. The van der Waals surface area contributed by atoms with Gasteiger partial charge < -0.3 is 4.65 Å². The van der Waals surface area contributed by atoms with Crippen molar-refractivity contribution in [2.75, 3.05) is 0 Å². The molecule has 101 valence electrons. The van der Waals surface area contributed by atoms with Gasteiger partial charge in [-0.05, 0) is 29.8 Å². The zero-order valence-electron chi connectivity index (χ0n) is 11.2. The Labute approximate surface area is 129 Å². The molecular weight excluding hydrogens is 280 g/mol. The van der Waals surface area contributed by atoms with Crippen LogP contribution in [0, 0.1) is 0 Å². The van der Waals surface area contributed by atoms with Crippen LogP contribution in [-0.2, 0) is 0 Å². The molecule has 0 atom stereocenters. The Bertz CT molecular complexity index is 766. The third-order valence-electron chi connectivity index (χ3n) is 3.03. The largest absolute Gasteiger partial charge is 0.557 e. The number of pyridine rings is 1. The Balaban J connectivity index is 1.68. The summed E-state index contributed by atoms with van der Waals surface area (Å²) in [7, 11) is 1.65. The quantitative estimate of drug-likeness (QED) is 0.658. The first-order valence-electron chi connectivity index (χ1n) is 6.59. The van der Waals surface area contributed by atoms with E-state index in [0.29, 0.717) is 0 Å². The third kappa shape index (κ3) is 3.44. The molecule has 3 rings (SSSR count). The van der Waals surface area contributed by atoms with E-state index in [4.69, 9.17) is 16.3 Å². The minimum atomic E-state index is 0.731. The monoisotopic (exact) mass is 292 g/mol. The number of benzene rings is 2. The molecule has 21 heavy (non-hydrogen) atoms. The van der Waals surface area contributed by atoms with Crippen LogP contribution in [0.2, 0.25) is 5.02 Å². The van der Waals surface area contributed by atoms with Gasteiger partial charge in [0.15, 0.2) is 0 Å². The highest BCUT2D eigenvalue weighted by molar-refractivity contribution is 6.37. The number of nitrogens with zero attached hydrogens (tertiary/aromatic N) is 1. The van der Waals surface area contributed by atoms with Crippen LogP contribution in [0.25, 0.3) is 17.0 Å². The van der Waals surface area contributed by atoms with E-state index >= 15 is 0 Å². The second-order valence-corrected chi connectivity index (χ2v) is 4.93. The van der Waals surface area contributed by atoms with Crippen molar-refractivity contribution >= 4 is 36.1 Å². The Kier molecular flexibility index (Phi) is 4.22. The van der Waals surface area contributed by atoms with Gasteiger partial charge in [0.05, 0.1) is 0 Å². The molecule has 0 spiro atoms. The summed E-state index contributed by atoms with van der Waals surface area (Å²) in [4.78, 5) is 4.34. The fraction of sp³-hybridized carbons (Fsp3) is 0. The van der Waals surface area contributed by atoms with Crippen LogP contribution in [-0.4, -0.2) is 12.5 Å². The van der Waals surface area contributed by atoms with Gasteiger partial charge in [-0.1, -0.05) is 54.0 Å². The summed E-state index contributed by atoms with van der Waals surface area (Å²) in [6.07, 6.45) is 3.72. The number of para-hydroxylation sites is 1. The average Bonchev–Trinajstić information content (AvgIpc) is 2.53. The Hall–Kier alpha value is -2.26. The number of fused-ring (bicyclic) bond motifs is 1. The van der Waals surface area contributed by atoms with Gasteiger partial charge in [-0.15, -0.1) is 0 Å². The molecule has 2 aromatic carbocycles. The predicted molar refractivity (Wildman–Crippen MR) is 88.6 cm³/mol. The molecule has 0 aliphatic rings. The fourth-order valence-electron chi connectivity index (χ4n) is 2.01. The molecule has 1 heterocycles. The molecule has 3 aromatic rings. The third-order valence-corrected chi connectivity index (χ3v) is 3.28. The van der Waals surface area contributed by atoms with Crippen molar-refractivity contribution in [3.63, 3.8) is 0 Å². The van der Waals surface area contributed by atoms with E-state index in [9.17, 15) is 0 Å². The van der Waals surface area contributed by atoms with Crippen LogP contribution in [0.3, 0.4) is 0 Å². The Morgan fingerprint density at radius 3 is 2.67 bits per heavy atom. The molecule has 0 bridgehead atoms. The molecule has 0 saturated carbocycles. The standard InChI is InChI=1S/C17H12BClNO/c19-15-8-6-13(7-9-15)10-11-18-21-16-5-1-3-14-4-2-12-20-17(14)16/h1-12H. The lowest BCUT2D eigenvalue weighted by molar-refractivity contribution is 0.610. The van der Waals surface area contributed by atoms with E-state index in [0.717, 1.165) is 27.2 Å². The van der Waals surface area contributed by atoms with Crippen LogP contribution in [0.4, 0.5) is 0 Å². The summed E-state index contributed by atoms with van der Waals surface area (Å²) in [6.45, 7) is 0. The molecule has 0 fully saturated rings. The maximum Gasteiger partial charge on any atom is 0.401 e. The minimum Gasteiger partial charge on any atom is -0.557 e. The van der Waals surface area contributed by atoms with E-state index < -0.39 is 0 Å². The topological polar surface area (TPSA) is 22.1 Å². The van der Waals surface area contributed by atoms with Gasteiger partial charge in [0.2, 0.25) is 0 Å². The maximum absolute atomic E-state index is 5.84. The molecular formula is C17H12BClNO. The van der Waals surface area contributed by atoms with E-state index in [1.807, 2.05) is 66.6 Å². The van der Waals surface area contributed by atoms with Gasteiger partial charge in [0.1, 0.15) is 11.3 Å². The van der Waals surface area contributed by atoms with Crippen molar-refractivity contribution in [2.45, 2.75) is 0 Å². The molecule has 1 aromatic heterocycles. The summed E-state index contributed by atoms with van der Waals surface area (Å²) in [5.41, 5.74) is 1.92. The summed E-state index contributed by atoms with van der Waals surface area (Å²) in [6, 6.07) is 17.4. The SMILES string of the molecule is Clc1ccc(C=C[B]Oc2cccc3cccnc23)cc1. The van der Waals surface area contributed by atoms with Crippen LogP contribution in [0.5, 0.6) is 5.75 Å². The summed E-state index contributed by atoms with van der Waals surface area (Å²) >= 11 is 5.84. The maximum atomic E-state index is 5.84. The van der Waals surface area contributed by atoms with Crippen LogP contribution >= 0.6 is 11.6 Å². The summed E-state index contributed by atoms with van der Waals surface area (Å²) in [5, 5.41) is 1.79. The number of hydrogen-bond donors (Lipinski definition) is 0. The zero-order valence-corrected chi connectivity index (χ0v) is 12.0. The van der Waals surface area contributed by atoms with Gasteiger partial charge in [-0.3, -0.25) is 4.98 Å². The summed E-state index contributed by atoms with van der Waals surface area (Å²) in [5.74, 6) is 2.60. The van der Waals surface area contributed by atoms with E-state index in [1.54, 1.807) is 13.7 Å². The molecule has 0 aliphatic heterocycles. The highest BCUT2D eigenvalue weighted by Crippen LogP contribution is 2.22. The molecule has 2 nitrogen and oxygen atoms in total. The molecule has 0 amide bonds. The number of rotatable bonds is 4. The lowest BCUT2D eigenvalue weighted by Crippen LogP contribution is -1.99. The first kappa shape index (κ1) is 13.7. The zero-order chi connectivity index (χ0) is 14.5. The molecule has 0 N–H and O–H groups in total. The minimum absolute atomic E-state index is 0.731. The van der Waals surface area contributed by atoms with Crippen LogP contribution in [0.15, 0.2) is 66.8 Å². The van der Waals surface area contributed by atoms with E-state index in [-0.39, 0.29) is 0 Å². The lowest BCUT2D eigenvalue weighted by Gasteiger charge is -2.05. The van der Waals surface area contributed by atoms with E-state index in [1.165, 1.54) is 0 Å². The van der Waals surface area contributed by atoms with Crippen molar-refractivity contribution in [2.24, 2.45) is 0 Å². The normalized spacial score (nSPS) is 10.9. The lowest BCUT2D eigenvalue weighted by atomic mass is 9.99.